The first kappa shape index (κ1) is 17.1. The van der Waals surface area contributed by atoms with E-state index >= 15 is 0 Å². The van der Waals surface area contributed by atoms with Gasteiger partial charge in [-0.3, -0.25) is 4.79 Å². The molecule has 2 N–H and O–H groups in total. The van der Waals surface area contributed by atoms with Gasteiger partial charge in [-0.25, -0.2) is 13.1 Å². The number of carboxylic acids is 1. The highest BCUT2D eigenvalue weighted by molar-refractivity contribution is 9.10. The molecule has 5 nitrogen and oxygen atoms in total. The minimum absolute atomic E-state index is 0.0854. The third kappa shape index (κ3) is 5.60. The van der Waals surface area contributed by atoms with Crippen molar-refractivity contribution in [2.75, 3.05) is 0 Å². The molecule has 20 heavy (non-hydrogen) atoms. The van der Waals surface area contributed by atoms with E-state index in [2.05, 4.69) is 20.7 Å². The maximum Gasteiger partial charge on any atom is 0.321 e. The van der Waals surface area contributed by atoms with Crippen LogP contribution in [-0.2, 0) is 20.6 Å². The maximum atomic E-state index is 12.1. The molecule has 1 rings (SSSR count). The predicted molar refractivity (Wildman–Crippen MR) is 80.8 cm³/mol. The number of hydrogen-bond donors (Lipinski definition) is 2. The molecule has 7 heteroatoms. The fraction of sp³-hybridized carbons (Fsp3) is 0.462. The summed E-state index contributed by atoms with van der Waals surface area (Å²) in [5, 5.41) is 9.07. The molecular formula is C13H18BrNO4S. The summed E-state index contributed by atoms with van der Waals surface area (Å²) in [5.74, 6) is -1.33. The number of aliphatic carboxylic acids is 1. The van der Waals surface area contributed by atoms with Crippen molar-refractivity contribution in [3.63, 3.8) is 0 Å². The molecule has 1 aromatic rings. The molecule has 0 spiro atoms. The van der Waals surface area contributed by atoms with E-state index in [0.29, 0.717) is 10.0 Å². The van der Waals surface area contributed by atoms with Crippen molar-refractivity contribution in [2.45, 2.75) is 32.1 Å². The molecule has 0 saturated carbocycles. The third-order valence-electron chi connectivity index (χ3n) is 2.63. The van der Waals surface area contributed by atoms with Gasteiger partial charge in [0, 0.05) is 4.47 Å². The Morgan fingerprint density at radius 3 is 2.45 bits per heavy atom. The van der Waals surface area contributed by atoms with Crippen LogP contribution < -0.4 is 4.72 Å². The van der Waals surface area contributed by atoms with Gasteiger partial charge in [0.25, 0.3) is 0 Å². The molecule has 0 radical (unpaired) electrons. The standard InChI is InChI=1S/C13H18BrNO4S/c1-9(2)7-12(13(16)17)15-20(18,19)8-10-5-3-4-6-11(10)14/h3-6,9,12,15H,7-8H2,1-2H3,(H,16,17)/t12-/m0/s1. The van der Waals surface area contributed by atoms with Gasteiger partial charge in [0.1, 0.15) is 6.04 Å². The lowest BCUT2D eigenvalue weighted by molar-refractivity contribution is -0.139. The lowest BCUT2D eigenvalue weighted by Crippen LogP contribution is -2.42. The SMILES string of the molecule is CC(C)C[C@H](NS(=O)(=O)Cc1ccccc1Br)C(=O)O. The summed E-state index contributed by atoms with van der Waals surface area (Å²) in [5.41, 5.74) is 0.591. The molecule has 0 aliphatic rings. The second kappa shape index (κ2) is 7.19. The molecule has 0 bridgehead atoms. The molecule has 0 unspecified atom stereocenters. The van der Waals surface area contributed by atoms with E-state index in [0.717, 1.165) is 0 Å². The summed E-state index contributed by atoms with van der Waals surface area (Å²) in [7, 11) is -3.71. The normalized spacial score (nSPS) is 13.4. The monoisotopic (exact) mass is 363 g/mol. The van der Waals surface area contributed by atoms with Gasteiger partial charge in [-0.15, -0.1) is 0 Å². The van der Waals surface area contributed by atoms with Crippen molar-refractivity contribution in [3.05, 3.63) is 34.3 Å². The first-order valence-electron chi connectivity index (χ1n) is 6.17. The molecular weight excluding hydrogens is 346 g/mol. The Labute approximate surface area is 127 Å². The van der Waals surface area contributed by atoms with Crippen molar-refractivity contribution in [3.8, 4) is 0 Å². The molecule has 0 aliphatic carbocycles. The van der Waals surface area contributed by atoms with Crippen LogP contribution in [-0.4, -0.2) is 25.5 Å². The van der Waals surface area contributed by atoms with E-state index in [9.17, 15) is 13.2 Å². The first-order valence-corrected chi connectivity index (χ1v) is 8.62. The van der Waals surface area contributed by atoms with E-state index in [4.69, 9.17) is 5.11 Å². The minimum Gasteiger partial charge on any atom is -0.480 e. The van der Waals surface area contributed by atoms with Crippen LogP contribution in [0.1, 0.15) is 25.8 Å². The van der Waals surface area contributed by atoms with Gasteiger partial charge in [-0.1, -0.05) is 48.0 Å². The second-order valence-corrected chi connectivity index (χ2v) is 7.60. The van der Waals surface area contributed by atoms with Crippen molar-refractivity contribution >= 4 is 31.9 Å². The van der Waals surface area contributed by atoms with Crippen LogP contribution >= 0.6 is 15.9 Å². The lowest BCUT2D eigenvalue weighted by Gasteiger charge is -2.16. The van der Waals surface area contributed by atoms with Crippen LogP contribution in [0.25, 0.3) is 0 Å². The Morgan fingerprint density at radius 1 is 1.35 bits per heavy atom. The Hall–Kier alpha value is -0.920. The Morgan fingerprint density at radius 2 is 1.95 bits per heavy atom. The van der Waals surface area contributed by atoms with Gasteiger partial charge < -0.3 is 5.11 Å². The van der Waals surface area contributed by atoms with Crippen LogP contribution in [0.5, 0.6) is 0 Å². The molecule has 1 atom stereocenters. The summed E-state index contributed by atoms with van der Waals surface area (Å²) >= 11 is 3.28. The van der Waals surface area contributed by atoms with Crippen molar-refractivity contribution < 1.29 is 18.3 Å². The number of hydrogen-bond acceptors (Lipinski definition) is 3. The second-order valence-electron chi connectivity index (χ2n) is 4.99. The van der Waals surface area contributed by atoms with Gasteiger partial charge in [0.05, 0.1) is 5.75 Å². The highest BCUT2D eigenvalue weighted by Gasteiger charge is 2.25. The fourth-order valence-corrected chi connectivity index (χ4v) is 3.73. The van der Waals surface area contributed by atoms with Crippen LogP contribution in [0.2, 0.25) is 0 Å². The number of sulfonamides is 1. The molecule has 0 saturated heterocycles. The first-order chi connectivity index (χ1) is 9.21. The molecule has 0 fully saturated rings. The lowest BCUT2D eigenvalue weighted by atomic mass is 10.1. The van der Waals surface area contributed by atoms with Crippen molar-refractivity contribution in [2.24, 2.45) is 5.92 Å². The number of halogens is 1. The third-order valence-corrected chi connectivity index (χ3v) is 4.74. The van der Waals surface area contributed by atoms with Gasteiger partial charge in [0.2, 0.25) is 10.0 Å². The van der Waals surface area contributed by atoms with Gasteiger partial charge >= 0.3 is 5.97 Å². The van der Waals surface area contributed by atoms with Crippen molar-refractivity contribution in [1.29, 1.82) is 0 Å². The van der Waals surface area contributed by atoms with E-state index in [1.54, 1.807) is 24.3 Å². The number of carboxylic acid groups (broad SMARTS) is 1. The van der Waals surface area contributed by atoms with Gasteiger partial charge in [-0.2, -0.15) is 0 Å². The zero-order chi connectivity index (χ0) is 15.3. The summed E-state index contributed by atoms with van der Waals surface area (Å²) in [6, 6.07) is 5.85. The topological polar surface area (TPSA) is 83.5 Å². The van der Waals surface area contributed by atoms with Gasteiger partial charge in [0.15, 0.2) is 0 Å². The molecule has 1 aromatic carbocycles. The average Bonchev–Trinajstić information content (AvgIpc) is 2.30. The number of nitrogens with one attached hydrogen (secondary N) is 1. The van der Waals surface area contributed by atoms with Crippen LogP contribution in [0, 0.1) is 5.92 Å². The highest BCUT2D eigenvalue weighted by atomic mass is 79.9. The molecule has 0 heterocycles. The Kier molecular flexibility index (Phi) is 6.16. The van der Waals surface area contributed by atoms with E-state index in [1.165, 1.54) is 0 Å². The number of carbonyl (C=O) groups is 1. The Balaban J connectivity index is 2.83. The number of rotatable bonds is 7. The molecule has 0 aromatic heterocycles. The van der Waals surface area contributed by atoms with E-state index in [1.807, 2.05) is 13.8 Å². The van der Waals surface area contributed by atoms with Crippen molar-refractivity contribution in [1.82, 2.24) is 4.72 Å². The van der Waals surface area contributed by atoms with E-state index < -0.39 is 22.0 Å². The summed E-state index contributed by atoms with van der Waals surface area (Å²) in [6.07, 6.45) is 0.254. The quantitative estimate of drug-likeness (QED) is 0.778. The van der Waals surface area contributed by atoms with E-state index in [-0.39, 0.29) is 18.1 Å². The van der Waals surface area contributed by atoms with Crippen LogP contribution in [0.15, 0.2) is 28.7 Å². The predicted octanol–water partition coefficient (Wildman–Crippen LogP) is 2.37. The molecule has 112 valence electrons. The Bertz CT molecular complexity index is 571. The summed E-state index contributed by atoms with van der Waals surface area (Å²) < 4.78 is 27.0. The molecule has 0 aliphatic heterocycles. The average molecular weight is 364 g/mol. The smallest absolute Gasteiger partial charge is 0.321 e. The zero-order valence-electron chi connectivity index (χ0n) is 11.3. The minimum atomic E-state index is -3.71. The highest BCUT2D eigenvalue weighted by Crippen LogP contribution is 2.18. The summed E-state index contributed by atoms with van der Waals surface area (Å²) in [4.78, 5) is 11.1. The molecule has 0 amide bonds. The van der Waals surface area contributed by atoms with Crippen LogP contribution in [0.3, 0.4) is 0 Å². The van der Waals surface area contributed by atoms with Crippen LogP contribution in [0.4, 0.5) is 0 Å². The fourth-order valence-electron chi connectivity index (χ4n) is 1.75. The summed E-state index contributed by atoms with van der Waals surface area (Å²) in [6.45, 7) is 3.69. The maximum absolute atomic E-state index is 12.1. The zero-order valence-corrected chi connectivity index (χ0v) is 13.7. The largest absolute Gasteiger partial charge is 0.480 e. The number of benzene rings is 1. The van der Waals surface area contributed by atoms with Gasteiger partial charge in [-0.05, 0) is 24.0 Å².